The van der Waals surface area contributed by atoms with Gasteiger partial charge in [-0.25, -0.2) is 4.57 Å². The molecule has 0 aliphatic heterocycles. The van der Waals surface area contributed by atoms with Gasteiger partial charge in [0.25, 0.3) is 0 Å². The van der Waals surface area contributed by atoms with Crippen molar-refractivity contribution in [2.75, 3.05) is 0 Å². The zero-order valence-corrected chi connectivity index (χ0v) is 18.2. The molecule has 0 spiro atoms. The molecule has 2 heteroatoms. The fourth-order valence-corrected chi connectivity index (χ4v) is 6.08. The van der Waals surface area contributed by atoms with Crippen LogP contribution in [0.1, 0.15) is 16.7 Å². The minimum atomic E-state index is 1.30. The number of nitrogens with zero attached hydrogens (tertiary/aromatic N) is 2. The van der Waals surface area contributed by atoms with Crippen molar-refractivity contribution in [1.82, 2.24) is 4.40 Å². The number of pyridine rings is 2. The Hall–Kier alpha value is -3.65. The standard InChI is InChI=1S/C29H23N2/c1-16-15-19-13-14-30(4)28-25-17(2)20-9-5-6-10-21(20)18(3)27(25)31-23-12-8-7-11-22(23)24(16)29(31)26(19)28/h5-15H,1-4H3/q+1. The van der Waals surface area contributed by atoms with E-state index in [1.54, 1.807) is 0 Å². The highest BCUT2D eigenvalue weighted by Gasteiger charge is 2.26. The molecule has 7 aromatic rings. The average Bonchev–Trinajstić information content (AvgIpc) is 3.14. The first-order valence-electron chi connectivity index (χ1n) is 11.0. The first-order valence-corrected chi connectivity index (χ1v) is 11.0. The largest absolute Gasteiger partial charge is 0.307 e. The number of hydrogen-bond donors (Lipinski definition) is 0. The van der Waals surface area contributed by atoms with Crippen LogP contribution in [0.3, 0.4) is 0 Å². The van der Waals surface area contributed by atoms with Gasteiger partial charge in [-0.2, -0.15) is 0 Å². The van der Waals surface area contributed by atoms with Gasteiger partial charge in [0.1, 0.15) is 7.05 Å². The highest BCUT2D eigenvalue weighted by Crippen LogP contribution is 2.44. The molecule has 0 atom stereocenters. The van der Waals surface area contributed by atoms with Crippen molar-refractivity contribution in [2.24, 2.45) is 7.05 Å². The van der Waals surface area contributed by atoms with Gasteiger partial charge in [0.15, 0.2) is 6.20 Å². The van der Waals surface area contributed by atoms with Crippen molar-refractivity contribution in [3.8, 4) is 0 Å². The second-order valence-corrected chi connectivity index (χ2v) is 9.03. The number of para-hydroxylation sites is 1. The molecule has 0 aliphatic carbocycles. The van der Waals surface area contributed by atoms with E-state index in [1.165, 1.54) is 76.5 Å². The number of benzene rings is 4. The van der Waals surface area contributed by atoms with E-state index in [2.05, 4.69) is 104 Å². The van der Waals surface area contributed by atoms with Gasteiger partial charge in [-0.15, -0.1) is 0 Å². The molecule has 0 saturated heterocycles. The zero-order chi connectivity index (χ0) is 21.0. The molecule has 0 saturated carbocycles. The van der Waals surface area contributed by atoms with E-state index < -0.39 is 0 Å². The lowest BCUT2D eigenvalue weighted by atomic mass is 9.92. The molecule has 3 aromatic heterocycles. The third kappa shape index (κ3) is 1.87. The second kappa shape index (κ2) is 5.53. The summed E-state index contributed by atoms with van der Waals surface area (Å²) >= 11 is 0. The quantitative estimate of drug-likeness (QED) is 0.149. The van der Waals surface area contributed by atoms with Crippen LogP contribution >= 0.6 is 0 Å². The van der Waals surface area contributed by atoms with Crippen molar-refractivity contribution >= 4 is 59.8 Å². The summed E-state index contributed by atoms with van der Waals surface area (Å²) in [6.07, 6.45) is 2.22. The maximum absolute atomic E-state index is 2.55. The van der Waals surface area contributed by atoms with Crippen LogP contribution in [0.15, 0.2) is 66.9 Å². The summed E-state index contributed by atoms with van der Waals surface area (Å²) < 4.78 is 4.87. The Labute approximate surface area is 180 Å². The van der Waals surface area contributed by atoms with Gasteiger partial charge >= 0.3 is 0 Å². The normalized spacial score (nSPS) is 12.5. The van der Waals surface area contributed by atoms with E-state index in [-0.39, 0.29) is 0 Å². The summed E-state index contributed by atoms with van der Waals surface area (Å²) in [5, 5.41) is 9.46. The molecule has 7 rings (SSSR count). The van der Waals surface area contributed by atoms with Crippen LogP contribution < -0.4 is 4.57 Å². The van der Waals surface area contributed by atoms with Gasteiger partial charge in [-0.3, -0.25) is 0 Å². The zero-order valence-electron chi connectivity index (χ0n) is 18.2. The predicted molar refractivity (Wildman–Crippen MR) is 132 cm³/mol. The molecule has 0 radical (unpaired) electrons. The SMILES string of the molecule is Cc1cc2cc[n+](C)c3c4c(C)c5ccccc5c(C)c4n4c5ccccc5c1c4c23. The lowest BCUT2D eigenvalue weighted by molar-refractivity contribution is -0.643. The Morgan fingerprint density at radius 1 is 0.677 bits per heavy atom. The second-order valence-electron chi connectivity index (χ2n) is 9.03. The highest BCUT2D eigenvalue weighted by molar-refractivity contribution is 6.29. The number of aryl methyl sites for hydroxylation is 4. The van der Waals surface area contributed by atoms with Crippen LogP contribution in [0, 0.1) is 20.8 Å². The third-order valence-electron chi connectivity index (χ3n) is 7.40. The molecule has 31 heavy (non-hydrogen) atoms. The van der Waals surface area contributed by atoms with E-state index in [9.17, 15) is 0 Å². The molecule has 0 amide bonds. The lowest BCUT2D eigenvalue weighted by Gasteiger charge is -2.17. The van der Waals surface area contributed by atoms with Gasteiger partial charge in [-0.05, 0) is 59.7 Å². The fraction of sp³-hybridized carbons (Fsp3) is 0.138. The van der Waals surface area contributed by atoms with Gasteiger partial charge in [0, 0.05) is 16.8 Å². The summed E-state index contributed by atoms with van der Waals surface area (Å²) in [4.78, 5) is 0. The first kappa shape index (κ1) is 17.1. The van der Waals surface area contributed by atoms with E-state index in [0.29, 0.717) is 0 Å². The van der Waals surface area contributed by atoms with Gasteiger partial charge < -0.3 is 4.40 Å². The summed E-state index contributed by atoms with van der Waals surface area (Å²) in [6, 6.07) is 22.4. The minimum absolute atomic E-state index is 1.30. The Bertz CT molecular complexity index is 1870. The molecular weight excluding hydrogens is 376 g/mol. The molecule has 0 bridgehead atoms. The van der Waals surface area contributed by atoms with Crippen molar-refractivity contribution in [3.63, 3.8) is 0 Å². The maximum atomic E-state index is 2.55. The van der Waals surface area contributed by atoms with E-state index in [4.69, 9.17) is 0 Å². The van der Waals surface area contributed by atoms with Crippen molar-refractivity contribution in [3.05, 3.63) is 83.6 Å². The number of aromatic nitrogens is 2. The molecule has 2 nitrogen and oxygen atoms in total. The predicted octanol–water partition coefficient (Wildman–Crippen LogP) is 6.89. The lowest BCUT2D eigenvalue weighted by Crippen LogP contribution is -2.29. The third-order valence-corrected chi connectivity index (χ3v) is 7.40. The Kier molecular flexibility index (Phi) is 3.04. The number of hydrogen-bond acceptors (Lipinski definition) is 0. The molecule has 0 unspecified atom stereocenters. The number of fused-ring (bicyclic) bond motifs is 7. The molecule has 0 aliphatic rings. The first-order chi connectivity index (χ1) is 15.1. The molecule has 3 heterocycles. The Morgan fingerprint density at radius 2 is 1.35 bits per heavy atom. The molecule has 4 aromatic carbocycles. The van der Waals surface area contributed by atoms with Crippen LogP contribution in [0.2, 0.25) is 0 Å². The van der Waals surface area contributed by atoms with Crippen LogP contribution in [-0.2, 0) is 7.05 Å². The Balaban J connectivity index is 2.03. The van der Waals surface area contributed by atoms with Gasteiger partial charge in [-0.1, -0.05) is 48.5 Å². The Morgan fingerprint density at radius 3 is 2.13 bits per heavy atom. The summed E-state index contributed by atoms with van der Waals surface area (Å²) in [5.74, 6) is 0. The highest BCUT2D eigenvalue weighted by atomic mass is 15.0. The smallest absolute Gasteiger partial charge is 0.224 e. The van der Waals surface area contributed by atoms with Crippen LogP contribution in [0.25, 0.3) is 59.8 Å². The molecule has 0 N–H and O–H groups in total. The topological polar surface area (TPSA) is 8.29 Å². The van der Waals surface area contributed by atoms with Gasteiger partial charge in [0.05, 0.1) is 27.3 Å². The van der Waals surface area contributed by atoms with Crippen LogP contribution in [0.4, 0.5) is 0 Å². The monoisotopic (exact) mass is 399 g/mol. The summed E-state index contributed by atoms with van der Waals surface area (Å²) in [5.41, 5.74) is 9.37. The van der Waals surface area contributed by atoms with Crippen molar-refractivity contribution in [1.29, 1.82) is 0 Å². The summed E-state index contributed by atoms with van der Waals surface area (Å²) in [6.45, 7) is 6.84. The van der Waals surface area contributed by atoms with Crippen LogP contribution in [-0.4, -0.2) is 4.40 Å². The summed E-state index contributed by atoms with van der Waals surface area (Å²) in [7, 11) is 2.19. The minimum Gasteiger partial charge on any atom is -0.307 e. The maximum Gasteiger partial charge on any atom is 0.224 e. The average molecular weight is 400 g/mol. The van der Waals surface area contributed by atoms with Crippen LogP contribution in [0.5, 0.6) is 0 Å². The molecule has 148 valence electrons. The van der Waals surface area contributed by atoms with E-state index in [1.807, 2.05) is 0 Å². The molecule has 0 fully saturated rings. The van der Waals surface area contributed by atoms with E-state index >= 15 is 0 Å². The van der Waals surface area contributed by atoms with Crippen molar-refractivity contribution in [2.45, 2.75) is 20.8 Å². The van der Waals surface area contributed by atoms with Gasteiger partial charge in [0.2, 0.25) is 5.52 Å². The van der Waals surface area contributed by atoms with E-state index in [0.717, 1.165) is 0 Å². The van der Waals surface area contributed by atoms with Crippen molar-refractivity contribution < 1.29 is 4.57 Å². The molecular formula is C29H23N2+. The number of rotatable bonds is 0. The fourth-order valence-electron chi connectivity index (χ4n) is 6.08.